The van der Waals surface area contributed by atoms with Gasteiger partial charge in [-0.3, -0.25) is 9.69 Å². The second-order valence-corrected chi connectivity index (χ2v) is 4.37. The fourth-order valence-electron chi connectivity index (χ4n) is 1.68. The number of nitriles is 1. The number of hydrogen-bond donors (Lipinski definition) is 1. The van der Waals surface area contributed by atoms with Crippen molar-refractivity contribution in [1.82, 2.24) is 9.80 Å². The molecule has 5 heteroatoms. The second-order valence-electron chi connectivity index (χ2n) is 4.37. The quantitative estimate of drug-likeness (QED) is 0.676. The van der Waals surface area contributed by atoms with Gasteiger partial charge in [0.05, 0.1) is 24.6 Å². The smallest absolute Gasteiger partial charge is 0.236 e. The number of rotatable bonds is 4. The lowest BCUT2D eigenvalue weighted by molar-refractivity contribution is -0.138. The van der Waals surface area contributed by atoms with Crippen molar-refractivity contribution in [2.45, 2.75) is 18.9 Å². The molecule has 0 aliphatic carbocycles. The van der Waals surface area contributed by atoms with E-state index in [2.05, 4.69) is 0 Å². The van der Waals surface area contributed by atoms with Gasteiger partial charge in [0.1, 0.15) is 0 Å². The van der Waals surface area contributed by atoms with Gasteiger partial charge in [-0.15, -0.1) is 0 Å². The molecule has 0 atom stereocenters. The molecule has 1 fully saturated rings. The molecule has 1 N–H and O–H groups in total. The minimum Gasteiger partial charge on any atom is -0.388 e. The average molecular weight is 211 g/mol. The standard InChI is InChI=1S/C10H17N3O2/c1-10(15)7-13(8-10)6-9(14)12(2)5-3-4-11/h15H,3,5-8H2,1-2H3. The van der Waals surface area contributed by atoms with Crippen LogP contribution in [0.3, 0.4) is 0 Å². The van der Waals surface area contributed by atoms with Crippen LogP contribution in [0.2, 0.25) is 0 Å². The number of carbonyl (C=O) groups excluding carboxylic acids is 1. The molecular formula is C10H17N3O2. The monoisotopic (exact) mass is 211 g/mol. The van der Waals surface area contributed by atoms with Crippen LogP contribution >= 0.6 is 0 Å². The zero-order chi connectivity index (χ0) is 11.5. The lowest BCUT2D eigenvalue weighted by Crippen LogP contribution is -2.61. The summed E-state index contributed by atoms with van der Waals surface area (Å²) in [5, 5.41) is 17.8. The molecule has 84 valence electrons. The van der Waals surface area contributed by atoms with Gasteiger partial charge >= 0.3 is 0 Å². The first kappa shape index (κ1) is 12.0. The molecule has 5 nitrogen and oxygen atoms in total. The molecule has 15 heavy (non-hydrogen) atoms. The number of likely N-dealkylation sites (N-methyl/N-ethyl adjacent to an activating group) is 1. The van der Waals surface area contributed by atoms with Gasteiger partial charge in [-0.2, -0.15) is 5.26 Å². The van der Waals surface area contributed by atoms with E-state index in [4.69, 9.17) is 5.26 Å². The predicted octanol–water partition coefficient (Wildman–Crippen LogP) is -0.575. The number of β-amino-alcohol motifs (C(OH)–C–C–N with tert-alkyl or cyclic N) is 1. The van der Waals surface area contributed by atoms with Crippen LogP contribution in [0.1, 0.15) is 13.3 Å². The van der Waals surface area contributed by atoms with Crippen LogP contribution in [0.25, 0.3) is 0 Å². The molecule has 1 aliphatic heterocycles. The first-order valence-electron chi connectivity index (χ1n) is 5.00. The fraction of sp³-hybridized carbons (Fsp3) is 0.800. The number of nitrogens with zero attached hydrogens (tertiary/aromatic N) is 3. The van der Waals surface area contributed by atoms with Crippen molar-refractivity contribution in [2.24, 2.45) is 0 Å². The summed E-state index contributed by atoms with van der Waals surface area (Å²) in [6, 6.07) is 2.00. The molecule has 0 unspecified atom stereocenters. The highest BCUT2D eigenvalue weighted by Gasteiger charge is 2.37. The molecule has 0 aromatic carbocycles. The van der Waals surface area contributed by atoms with E-state index < -0.39 is 5.60 Å². The Kier molecular flexibility index (Phi) is 3.66. The highest BCUT2D eigenvalue weighted by atomic mass is 16.3. The van der Waals surface area contributed by atoms with E-state index in [1.165, 1.54) is 0 Å². The molecule has 0 aromatic rings. The molecular weight excluding hydrogens is 194 g/mol. The SMILES string of the molecule is CN(CCC#N)C(=O)CN1CC(C)(O)C1. The Morgan fingerprint density at radius 1 is 1.67 bits per heavy atom. The van der Waals surface area contributed by atoms with E-state index in [1.54, 1.807) is 18.9 Å². The van der Waals surface area contributed by atoms with Gasteiger partial charge in [0.25, 0.3) is 0 Å². The predicted molar refractivity (Wildman–Crippen MR) is 54.9 cm³/mol. The van der Waals surface area contributed by atoms with Crippen molar-refractivity contribution in [3.8, 4) is 6.07 Å². The van der Waals surface area contributed by atoms with Crippen molar-refractivity contribution in [1.29, 1.82) is 5.26 Å². The zero-order valence-corrected chi connectivity index (χ0v) is 9.23. The molecule has 0 saturated carbocycles. The third-order valence-electron chi connectivity index (χ3n) is 2.47. The van der Waals surface area contributed by atoms with Crippen LogP contribution in [0, 0.1) is 11.3 Å². The van der Waals surface area contributed by atoms with Gasteiger partial charge in [-0.1, -0.05) is 0 Å². The number of likely N-dealkylation sites (tertiary alicyclic amines) is 1. The third-order valence-corrected chi connectivity index (χ3v) is 2.47. The lowest BCUT2D eigenvalue weighted by Gasteiger charge is -2.44. The molecule has 0 bridgehead atoms. The molecule has 0 spiro atoms. The van der Waals surface area contributed by atoms with Gasteiger partial charge in [0.2, 0.25) is 5.91 Å². The zero-order valence-electron chi connectivity index (χ0n) is 9.23. The van der Waals surface area contributed by atoms with E-state index in [0.717, 1.165) is 0 Å². The van der Waals surface area contributed by atoms with E-state index >= 15 is 0 Å². The van der Waals surface area contributed by atoms with Crippen LogP contribution in [0.5, 0.6) is 0 Å². The van der Waals surface area contributed by atoms with Gasteiger partial charge < -0.3 is 10.0 Å². The Hall–Kier alpha value is -1.12. The van der Waals surface area contributed by atoms with E-state index in [0.29, 0.717) is 32.6 Å². The Bertz CT molecular complexity index is 275. The van der Waals surface area contributed by atoms with Gasteiger partial charge in [0, 0.05) is 26.7 Å². The van der Waals surface area contributed by atoms with Crippen LogP contribution in [0.15, 0.2) is 0 Å². The van der Waals surface area contributed by atoms with Crippen LogP contribution < -0.4 is 0 Å². The molecule has 0 aromatic heterocycles. The molecule has 1 rings (SSSR count). The minimum atomic E-state index is -0.633. The van der Waals surface area contributed by atoms with E-state index in [9.17, 15) is 9.90 Å². The van der Waals surface area contributed by atoms with Gasteiger partial charge in [0.15, 0.2) is 0 Å². The van der Waals surface area contributed by atoms with Crippen molar-refractivity contribution < 1.29 is 9.90 Å². The van der Waals surface area contributed by atoms with E-state index in [1.807, 2.05) is 11.0 Å². The van der Waals surface area contributed by atoms with Crippen LogP contribution in [-0.4, -0.2) is 59.6 Å². The summed E-state index contributed by atoms with van der Waals surface area (Å²) in [5.74, 6) is 0.000694. The summed E-state index contributed by atoms with van der Waals surface area (Å²) in [7, 11) is 1.69. The second kappa shape index (κ2) is 4.60. The highest BCUT2D eigenvalue weighted by Crippen LogP contribution is 2.18. The molecule has 0 radical (unpaired) electrons. The summed E-state index contributed by atoms with van der Waals surface area (Å²) in [5.41, 5.74) is -0.633. The van der Waals surface area contributed by atoms with Crippen molar-refractivity contribution in [3.63, 3.8) is 0 Å². The Balaban J connectivity index is 2.22. The lowest BCUT2D eigenvalue weighted by atomic mass is 9.97. The summed E-state index contributed by atoms with van der Waals surface area (Å²) in [6.45, 7) is 3.65. The third kappa shape index (κ3) is 3.50. The number of amides is 1. The largest absolute Gasteiger partial charge is 0.388 e. The first-order valence-corrected chi connectivity index (χ1v) is 5.00. The van der Waals surface area contributed by atoms with Crippen molar-refractivity contribution >= 4 is 5.91 Å². The average Bonchev–Trinajstić information content (AvgIpc) is 2.11. The molecule has 1 heterocycles. The summed E-state index contributed by atoms with van der Waals surface area (Å²) in [4.78, 5) is 15.0. The van der Waals surface area contributed by atoms with Crippen LogP contribution in [-0.2, 0) is 4.79 Å². The normalized spacial score (nSPS) is 19.1. The molecule has 1 saturated heterocycles. The number of carbonyl (C=O) groups is 1. The highest BCUT2D eigenvalue weighted by molar-refractivity contribution is 5.78. The maximum atomic E-state index is 11.6. The maximum absolute atomic E-state index is 11.6. The minimum absolute atomic E-state index is 0.000694. The number of aliphatic hydroxyl groups is 1. The van der Waals surface area contributed by atoms with Gasteiger partial charge in [-0.05, 0) is 6.92 Å². The fourth-order valence-corrected chi connectivity index (χ4v) is 1.68. The molecule has 1 aliphatic rings. The van der Waals surface area contributed by atoms with E-state index in [-0.39, 0.29) is 5.91 Å². The Labute approximate surface area is 89.9 Å². The Morgan fingerprint density at radius 3 is 2.73 bits per heavy atom. The summed E-state index contributed by atoms with van der Waals surface area (Å²) < 4.78 is 0. The van der Waals surface area contributed by atoms with Crippen molar-refractivity contribution in [2.75, 3.05) is 33.2 Å². The topological polar surface area (TPSA) is 67.6 Å². The number of hydrogen-bond acceptors (Lipinski definition) is 4. The maximum Gasteiger partial charge on any atom is 0.236 e. The summed E-state index contributed by atoms with van der Waals surface area (Å²) in [6.07, 6.45) is 0.361. The Morgan fingerprint density at radius 2 is 2.27 bits per heavy atom. The van der Waals surface area contributed by atoms with Crippen molar-refractivity contribution in [3.05, 3.63) is 0 Å². The molecule has 1 amide bonds. The first-order chi connectivity index (χ1) is 6.94. The van der Waals surface area contributed by atoms with Crippen LogP contribution in [0.4, 0.5) is 0 Å². The van der Waals surface area contributed by atoms with Gasteiger partial charge in [-0.25, -0.2) is 0 Å². The summed E-state index contributed by atoms with van der Waals surface area (Å²) >= 11 is 0.